The summed E-state index contributed by atoms with van der Waals surface area (Å²) in [5.41, 5.74) is 6.12. The topological polar surface area (TPSA) is 72.1 Å². The van der Waals surface area contributed by atoms with Gasteiger partial charge in [-0.1, -0.05) is 25.4 Å². The van der Waals surface area contributed by atoms with E-state index in [4.69, 9.17) is 17.3 Å². The van der Waals surface area contributed by atoms with E-state index in [1.807, 2.05) is 32.6 Å². The molecule has 0 aromatic carbocycles. The molecule has 1 amide bonds. The summed E-state index contributed by atoms with van der Waals surface area (Å²) in [6.07, 6.45) is 1.40. The molecule has 0 radical (unpaired) electrons. The van der Waals surface area contributed by atoms with Gasteiger partial charge in [0.2, 0.25) is 5.91 Å². The summed E-state index contributed by atoms with van der Waals surface area (Å²) >= 11 is 6.12. The summed E-state index contributed by atoms with van der Waals surface area (Å²) in [4.78, 5) is 21.2. The predicted octanol–water partition coefficient (Wildman–Crippen LogP) is 1.95. The highest BCUT2D eigenvalue weighted by atomic mass is 35.5. The molecule has 0 bridgehead atoms. The van der Waals surface area contributed by atoms with Crippen molar-refractivity contribution in [2.45, 2.75) is 39.7 Å². The van der Waals surface area contributed by atoms with Crippen LogP contribution in [0.4, 0.5) is 5.82 Å². The van der Waals surface area contributed by atoms with Crippen molar-refractivity contribution in [3.8, 4) is 0 Å². The first-order valence-corrected chi connectivity index (χ1v) is 6.27. The minimum Gasteiger partial charge on any atom is -0.368 e. The second-order valence-electron chi connectivity index (χ2n) is 4.74. The highest BCUT2D eigenvalue weighted by Crippen LogP contribution is 2.31. The van der Waals surface area contributed by atoms with Crippen molar-refractivity contribution in [3.63, 3.8) is 0 Å². The maximum Gasteiger partial charge on any atom is 0.237 e. The maximum atomic E-state index is 11.2. The maximum absolute atomic E-state index is 11.2. The lowest BCUT2D eigenvalue weighted by molar-refractivity contribution is -0.116. The lowest BCUT2D eigenvalue weighted by atomic mass is 10.0. The molecule has 100 valence electrons. The van der Waals surface area contributed by atoms with Gasteiger partial charge < -0.3 is 10.6 Å². The summed E-state index contributed by atoms with van der Waals surface area (Å²) in [6.45, 7) is 8.09. The smallest absolute Gasteiger partial charge is 0.237 e. The Labute approximate surface area is 112 Å². The van der Waals surface area contributed by atoms with Crippen LogP contribution in [0.1, 0.15) is 39.2 Å². The van der Waals surface area contributed by atoms with Crippen molar-refractivity contribution in [3.05, 3.63) is 17.0 Å². The molecule has 18 heavy (non-hydrogen) atoms. The van der Waals surface area contributed by atoms with Crippen molar-refractivity contribution in [2.75, 3.05) is 11.4 Å². The quantitative estimate of drug-likeness (QED) is 0.830. The van der Waals surface area contributed by atoms with Crippen molar-refractivity contribution in [1.82, 2.24) is 9.97 Å². The van der Waals surface area contributed by atoms with E-state index in [0.717, 1.165) is 5.56 Å². The van der Waals surface area contributed by atoms with Crippen LogP contribution in [0.5, 0.6) is 0 Å². The first-order chi connectivity index (χ1) is 8.34. The number of carbonyl (C=O) groups is 1. The molecule has 0 aliphatic rings. The minimum atomic E-state index is -0.395. The molecule has 0 atom stereocenters. The van der Waals surface area contributed by atoms with Gasteiger partial charge in [-0.3, -0.25) is 4.79 Å². The van der Waals surface area contributed by atoms with Gasteiger partial charge in [-0.05, 0) is 19.8 Å². The van der Waals surface area contributed by atoms with Gasteiger partial charge in [0.05, 0.1) is 6.54 Å². The SMILES string of the molecule is CC(C)c1c(Cl)ncnc1N(CC(N)=O)C(C)C. The average molecular weight is 271 g/mol. The van der Waals surface area contributed by atoms with Crippen LogP contribution in [0.15, 0.2) is 6.33 Å². The number of amides is 1. The number of nitrogens with two attached hydrogens (primary N) is 1. The lowest BCUT2D eigenvalue weighted by Crippen LogP contribution is -2.39. The van der Waals surface area contributed by atoms with Crippen molar-refractivity contribution in [2.24, 2.45) is 5.73 Å². The molecule has 0 aliphatic heterocycles. The fourth-order valence-electron chi connectivity index (χ4n) is 1.76. The molecule has 5 nitrogen and oxygen atoms in total. The van der Waals surface area contributed by atoms with Crippen molar-refractivity contribution < 1.29 is 4.79 Å². The third kappa shape index (κ3) is 3.32. The van der Waals surface area contributed by atoms with E-state index in [0.29, 0.717) is 11.0 Å². The van der Waals surface area contributed by atoms with Gasteiger partial charge in [0.15, 0.2) is 0 Å². The van der Waals surface area contributed by atoms with Crippen LogP contribution in [-0.4, -0.2) is 28.5 Å². The summed E-state index contributed by atoms with van der Waals surface area (Å²) in [5, 5.41) is 0.421. The van der Waals surface area contributed by atoms with Gasteiger partial charge in [-0.2, -0.15) is 0 Å². The lowest BCUT2D eigenvalue weighted by Gasteiger charge is -2.29. The first kappa shape index (κ1) is 14.7. The van der Waals surface area contributed by atoms with Gasteiger partial charge in [-0.15, -0.1) is 0 Å². The molecule has 1 rings (SSSR count). The van der Waals surface area contributed by atoms with E-state index in [2.05, 4.69) is 9.97 Å². The number of aromatic nitrogens is 2. The first-order valence-electron chi connectivity index (χ1n) is 5.90. The third-order valence-electron chi connectivity index (χ3n) is 2.61. The number of hydrogen-bond donors (Lipinski definition) is 1. The van der Waals surface area contributed by atoms with Crippen LogP contribution < -0.4 is 10.6 Å². The summed E-state index contributed by atoms with van der Waals surface area (Å²) in [7, 11) is 0. The second kappa shape index (κ2) is 6.00. The zero-order valence-electron chi connectivity index (χ0n) is 11.1. The third-order valence-corrected chi connectivity index (χ3v) is 2.91. The minimum absolute atomic E-state index is 0.0981. The Morgan fingerprint density at radius 3 is 2.44 bits per heavy atom. The van der Waals surface area contributed by atoms with Crippen molar-refractivity contribution in [1.29, 1.82) is 0 Å². The van der Waals surface area contributed by atoms with Crippen LogP contribution in [0.2, 0.25) is 5.15 Å². The monoisotopic (exact) mass is 270 g/mol. The Kier molecular flexibility index (Phi) is 4.90. The number of hydrogen-bond acceptors (Lipinski definition) is 4. The van der Waals surface area contributed by atoms with Gasteiger partial charge >= 0.3 is 0 Å². The Morgan fingerprint density at radius 2 is 2.00 bits per heavy atom. The molecule has 0 aliphatic carbocycles. The van der Waals surface area contributed by atoms with Gasteiger partial charge in [0.25, 0.3) is 0 Å². The Bertz CT molecular complexity index is 434. The van der Waals surface area contributed by atoms with Crippen LogP contribution in [-0.2, 0) is 4.79 Å². The number of rotatable bonds is 5. The zero-order chi connectivity index (χ0) is 13.9. The summed E-state index contributed by atoms with van der Waals surface area (Å²) < 4.78 is 0. The fourth-order valence-corrected chi connectivity index (χ4v) is 2.11. The molecule has 0 fully saturated rings. The summed E-state index contributed by atoms with van der Waals surface area (Å²) in [5.74, 6) is 0.453. The van der Waals surface area contributed by atoms with Gasteiger partial charge in [-0.25, -0.2) is 9.97 Å². The van der Waals surface area contributed by atoms with E-state index in [1.54, 1.807) is 0 Å². The Morgan fingerprint density at radius 1 is 1.39 bits per heavy atom. The van der Waals surface area contributed by atoms with E-state index < -0.39 is 5.91 Å². The van der Waals surface area contributed by atoms with E-state index in [1.165, 1.54) is 6.33 Å². The van der Waals surface area contributed by atoms with Crippen LogP contribution in [0.3, 0.4) is 0 Å². The molecule has 0 unspecified atom stereocenters. The Balaban J connectivity index is 3.27. The zero-order valence-corrected chi connectivity index (χ0v) is 11.9. The second-order valence-corrected chi connectivity index (χ2v) is 5.10. The average Bonchev–Trinajstić information content (AvgIpc) is 2.24. The molecule has 1 aromatic heterocycles. The van der Waals surface area contributed by atoms with E-state index in [9.17, 15) is 4.79 Å². The standard InChI is InChI=1S/C12H19ClN4O/c1-7(2)10-11(13)15-6-16-12(10)17(8(3)4)5-9(14)18/h6-8H,5H2,1-4H3,(H2,14,18). The molecule has 1 aromatic rings. The molecular formula is C12H19ClN4O. The molecule has 2 N–H and O–H groups in total. The normalized spacial score (nSPS) is 11.1. The predicted molar refractivity (Wildman–Crippen MR) is 72.8 cm³/mol. The Hall–Kier alpha value is -1.36. The number of nitrogens with zero attached hydrogens (tertiary/aromatic N) is 3. The van der Waals surface area contributed by atoms with Crippen LogP contribution in [0, 0.1) is 0 Å². The largest absolute Gasteiger partial charge is 0.368 e. The molecule has 1 heterocycles. The molecule has 0 saturated carbocycles. The molecule has 6 heteroatoms. The van der Waals surface area contributed by atoms with E-state index >= 15 is 0 Å². The van der Waals surface area contributed by atoms with Crippen LogP contribution in [0.25, 0.3) is 0 Å². The van der Waals surface area contributed by atoms with Gasteiger partial charge in [0, 0.05) is 11.6 Å². The van der Waals surface area contributed by atoms with Crippen LogP contribution >= 0.6 is 11.6 Å². The number of primary amides is 1. The highest BCUT2D eigenvalue weighted by Gasteiger charge is 2.22. The molecular weight excluding hydrogens is 252 g/mol. The highest BCUT2D eigenvalue weighted by molar-refractivity contribution is 6.30. The number of carbonyl (C=O) groups excluding carboxylic acids is 1. The summed E-state index contributed by atoms with van der Waals surface area (Å²) in [6, 6.07) is 0.0981. The number of halogens is 1. The number of anilines is 1. The van der Waals surface area contributed by atoms with E-state index in [-0.39, 0.29) is 18.5 Å². The molecule has 0 spiro atoms. The van der Waals surface area contributed by atoms with Crippen molar-refractivity contribution >= 4 is 23.3 Å². The fraction of sp³-hybridized carbons (Fsp3) is 0.583. The van der Waals surface area contributed by atoms with Gasteiger partial charge in [0.1, 0.15) is 17.3 Å². The molecule has 0 saturated heterocycles.